The summed E-state index contributed by atoms with van der Waals surface area (Å²) in [6.45, 7) is 0.748. The van der Waals surface area contributed by atoms with Crippen molar-refractivity contribution >= 4 is 29.1 Å². The number of thioether (sulfide) groups is 1. The molecule has 0 aromatic heterocycles. The minimum atomic E-state index is -0.298. The van der Waals surface area contributed by atoms with Crippen molar-refractivity contribution in [2.75, 3.05) is 11.9 Å². The number of anilines is 1. The highest BCUT2D eigenvalue weighted by molar-refractivity contribution is 8.00. The lowest BCUT2D eigenvalue weighted by Gasteiger charge is -2.12. The van der Waals surface area contributed by atoms with Crippen LogP contribution in [0.2, 0.25) is 5.02 Å². The molecule has 3 rings (SSSR count). The van der Waals surface area contributed by atoms with Gasteiger partial charge >= 0.3 is 0 Å². The summed E-state index contributed by atoms with van der Waals surface area (Å²) >= 11 is 7.59. The number of fused-ring (bicyclic) bond motifs is 1. The van der Waals surface area contributed by atoms with Crippen LogP contribution in [0, 0.1) is 5.82 Å². The zero-order valence-corrected chi connectivity index (χ0v) is 11.8. The second-order valence-corrected chi connectivity index (χ2v) is 6.34. The van der Waals surface area contributed by atoms with Crippen LogP contribution in [0.15, 0.2) is 47.4 Å². The molecule has 1 heterocycles. The van der Waals surface area contributed by atoms with E-state index in [1.807, 2.05) is 11.8 Å². The van der Waals surface area contributed by atoms with Crippen molar-refractivity contribution in [3.05, 3.63) is 58.9 Å². The van der Waals surface area contributed by atoms with Crippen LogP contribution in [0.4, 0.5) is 10.1 Å². The number of hydrogen-bond acceptors (Lipinski definition) is 2. The van der Waals surface area contributed by atoms with E-state index < -0.39 is 0 Å². The summed E-state index contributed by atoms with van der Waals surface area (Å²) in [5.74, 6) is -0.298. The zero-order chi connectivity index (χ0) is 13.2. The molecule has 0 spiro atoms. The third-order valence-electron chi connectivity index (χ3n) is 3.17. The summed E-state index contributed by atoms with van der Waals surface area (Å²) in [7, 11) is 0. The lowest BCUT2D eigenvalue weighted by molar-refractivity contribution is 0.630. The molecule has 1 aliphatic heterocycles. The van der Waals surface area contributed by atoms with Crippen molar-refractivity contribution in [1.29, 1.82) is 0 Å². The second-order valence-electron chi connectivity index (χ2n) is 4.56. The summed E-state index contributed by atoms with van der Waals surface area (Å²) in [5, 5.41) is 4.04. The number of rotatable bonds is 3. The van der Waals surface area contributed by atoms with Crippen LogP contribution in [-0.4, -0.2) is 11.8 Å². The third kappa shape index (κ3) is 2.88. The highest BCUT2D eigenvalue weighted by atomic mass is 35.5. The zero-order valence-electron chi connectivity index (χ0n) is 10.2. The van der Waals surface area contributed by atoms with E-state index in [-0.39, 0.29) is 5.82 Å². The van der Waals surface area contributed by atoms with E-state index in [0.717, 1.165) is 13.0 Å². The molecule has 0 radical (unpaired) electrons. The molecule has 98 valence electrons. The first kappa shape index (κ1) is 12.8. The van der Waals surface area contributed by atoms with Gasteiger partial charge in [-0.05, 0) is 36.2 Å². The van der Waals surface area contributed by atoms with Gasteiger partial charge in [-0.3, -0.25) is 0 Å². The van der Waals surface area contributed by atoms with Gasteiger partial charge < -0.3 is 5.32 Å². The van der Waals surface area contributed by atoms with Crippen LogP contribution in [0.1, 0.15) is 5.56 Å². The fourth-order valence-corrected chi connectivity index (χ4v) is 3.63. The Hall–Kier alpha value is -1.19. The van der Waals surface area contributed by atoms with Crippen LogP contribution in [-0.2, 0) is 6.42 Å². The maximum atomic E-state index is 13.6. The van der Waals surface area contributed by atoms with E-state index in [0.29, 0.717) is 16.0 Å². The highest BCUT2D eigenvalue weighted by Gasteiger charge is 2.21. The Morgan fingerprint density at radius 2 is 2.11 bits per heavy atom. The average molecular weight is 294 g/mol. The normalized spacial score (nSPS) is 17.3. The number of benzene rings is 2. The Morgan fingerprint density at radius 1 is 1.26 bits per heavy atom. The molecule has 4 heteroatoms. The molecule has 0 aliphatic carbocycles. The molecular weight excluding hydrogens is 281 g/mol. The lowest BCUT2D eigenvalue weighted by Crippen LogP contribution is -2.16. The van der Waals surface area contributed by atoms with Gasteiger partial charge in [-0.15, -0.1) is 11.8 Å². The van der Waals surface area contributed by atoms with Gasteiger partial charge in [0.05, 0.1) is 5.69 Å². The van der Waals surface area contributed by atoms with E-state index in [4.69, 9.17) is 11.6 Å². The molecule has 0 bridgehead atoms. The van der Waals surface area contributed by atoms with Gasteiger partial charge in [0.25, 0.3) is 0 Å². The Kier molecular flexibility index (Phi) is 3.67. The molecule has 0 amide bonds. The largest absolute Gasteiger partial charge is 0.382 e. The maximum Gasteiger partial charge on any atom is 0.147 e. The van der Waals surface area contributed by atoms with Crippen molar-refractivity contribution in [1.82, 2.24) is 0 Å². The molecule has 0 saturated carbocycles. The first-order valence-electron chi connectivity index (χ1n) is 6.16. The third-order valence-corrected chi connectivity index (χ3v) is 4.72. The van der Waals surface area contributed by atoms with Gasteiger partial charge in [0.15, 0.2) is 0 Å². The molecule has 19 heavy (non-hydrogen) atoms. The van der Waals surface area contributed by atoms with Crippen molar-refractivity contribution in [2.24, 2.45) is 0 Å². The van der Waals surface area contributed by atoms with Crippen LogP contribution < -0.4 is 5.32 Å². The molecule has 1 nitrogen and oxygen atoms in total. The molecule has 1 unspecified atom stereocenters. The minimum absolute atomic E-state index is 0.298. The van der Waals surface area contributed by atoms with E-state index in [1.54, 1.807) is 12.1 Å². The van der Waals surface area contributed by atoms with Crippen LogP contribution in [0.25, 0.3) is 0 Å². The van der Waals surface area contributed by atoms with Crippen molar-refractivity contribution in [3.8, 4) is 0 Å². The topological polar surface area (TPSA) is 12.0 Å². The average Bonchev–Trinajstić information content (AvgIpc) is 2.80. The standard InChI is InChI=1S/C15H13ClFNS/c16-11-5-6-14(13(17)8-11)18-9-12-7-10-3-1-2-4-15(10)19-12/h1-6,8,12,18H,7,9H2. The minimum Gasteiger partial charge on any atom is -0.382 e. The highest BCUT2D eigenvalue weighted by Crippen LogP contribution is 2.36. The Bertz CT molecular complexity index is 577. The fraction of sp³-hybridized carbons (Fsp3) is 0.200. The summed E-state index contributed by atoms with van der Waals surface area (Å²) in [5.41, 5.74) is 1.90. The summed E-state index contributed by atoms with van der Waals surface area (Å²) in [4.78, 5) is 1.34. The molecule has 2 aromatic carbocycles. The molecule has 0 fully saturated rings. The van der Waals surface area contributed by atoms with Crippen LogP contribution in [0.5, 0.6) is 0 Å². The van der Waals surface area contributed by atoms with Crippen molar-refractivity contribution in [2.45, 2.75) is 16.6 Å². The molecule has 2 aromatic rings. The Morgan fingerprint density at radius 3 is 2.89 bits per heavy atom. The number of hydrogen-bond donors (Lipinski definition) is 1. The van der Waals surface area contributed by atoms with Gasteiger partial charge in [-0.25, -0.2) is 4.39 Å². The van der Waals surface area contributed by atoms with Gasteiger partial charge in [0, 0.05) is 21.7 Å². The monoisotopic (exact) mass is 293 g/mol. The predicted molar refractivity (Wildman–Crippen MR) is 79.7 cm³/mol. The van der Waals surface area contributed by atoms with Crippen LogP contribution >= 0.6 is 23.4 Å². The number of nitrogens with one attached hydrogen (secondary N) is 1. The van der Waals surface area contributed by atoms with E-state index >= 15 is 0 Å². The SMILES string of the molecule is Fc1cc(Cl)ccc1NCC1Cc2ccccc2S1. The van der Waals surface area contributed by atoms with Crippen molar-refractivity contribution in [3.63, 3.8) is 0 Å². The maximum absolute atomic E-state index is 13.6. The van der Waals surface area contributed by atoms with E-state index in [2.05, 4.69) is 29.6 Å². The Labute approximate surface area is 121 Å². The van der Waals surface area contributed by atoms with Gasteiger partial charge in [0.1, 0.15) is 5.82 Å². The quantitative estimate of drug-likeness (QED) is 0.887. The predicted octanol–water partition coefficient (Wildman–Crippen LogP) is 4.61. The summed E-state index contributed by atoms with van der Waals surface area (Å²) in [6, 6.07) is 13.1. The first-order valence-corrected chi connectivity index (χ1v) is 7.41. The molecule has 1 N–H and O–H groups in total. The summed E-state index contributed by atoms with van der Waals surface area (Å²) in [6.07, 6.45) is 1.03. The fourth-order valence-electron chi connectivity index (χ4n) is 2.22. The first-order chi connectivity index (χ1) is 9.22. The lowest BCUT2D eigenvalue weighted by atomic mass is 10.1. The van der Waals surface area contributed by atoms with E-state index in [1.165, 1.54) is 16.5 Å². The van der Waals surface area contributed by atoms with Gasteiger partial charge in [0.2, 0.25) is 0 Å². The van der Waals surface area contributed by atoms with Crippen LogP contribution in [0.3, 0.4) is 0 Å². The number of halogens is 2. The smallest absolute Gasteiger partial charge is 0.147 e. The van der Waals surface area contributed by atoms with E-state index in [9.17, 15) is 4.39 Å². The van der Waals surface area contributed by atoms with Crippen molar-refractivity contribution < 1.29 is 4.39 Å². The van der Waals surface area contributed by atoms with Gasteiger partial charge in [-0.1, -0.05) is 29.8 Å². The molecule has 1 atom stereocenters. The summed E-state index contributed by atoms with van der Waals surface area (Å²) < 4.78 is 13.6. The molecule has 0 saturated heterocycles. The second kappa shape index (κ2) is 5.43. The van der Waals surface area contributed by atoms with Gasteiger partial charge in [-0.2, -0.15) is 0 Å². The molecular formula is C15H13ClFNS. The molecule has 1 aliphatic rings. The Balaban J connectivity index is 1.63.